The van der Waals surface area contributed by atoms with Gasteiger partial charge < -0.3 is 19.5 Å². The van der Waals surface area contributed by atoms with Gasteiger partial charge in [-0.3, -0.25) is 9.59 Å². The van der Waals surface area contributed by atoms with Gasteiger partial charge in [-0.1, -0.05) is 36.4 Å². The van der Waals surface area contributed by atoms with Gasteiger partial charge in [0.15, 0.2) is 10.7 Å². The Hall–Kier alpha value is -3.88. The summed E-state index contributed by atoms with van der Waals surface area (Å²) >= 11 is -0.988. The molecule has 0 aliphatic rings. The van der Waals surface area contributed by atoms with E-state index in [0.717, 1.165) is 29.7 Å². The fourth-order valence-corrected chi connectivity index (χ4v) is 4.31. The number of hydrogen-bond acceptors (Lipinski definition) is 5. The van der Waals surface area contributed by atoms with Gasteiger partial charge in [0.25, 0.3) is 0 Å². The van der Waals surface area contributed by atoms with Crippen LogP contribution in [0.5, 0.6) is 5.75 Å². The zero-order chi connectivity index (χ0) is 27.5. The molecule has 0 aliphatic carbocycles. The monoisotopic (exact) mass is 534 g/mol. The molecule has 2 N–H and O–H groups in total. The number of allylic oxidation sites excluding steroid dienone is 1. The number of rotatable bonds is 14. The van der Waals surface area contributed by atoms with Gasteiger partial charge in [0.05, 0.1) is 12.2 Å². The molecular weight excluding hydrogens is 504 g/mol. The number of unbranched alkanes of at least 4 members (excludes halogenated alkanes) is 2. The van der Waals surface area contributed by atoms with Crippen LogP contribution in [0, 0.1) is 0 Å². The Labute approximate surface area is 225 Å². The third-order valence-corrected chi connectivity index (χ3v) is 6.78. The number of carbonyl (C=O) groups excluding carboxylic acids is 1. The molecule has 0 bridgehead atoms. The molecule has 0 saturated carbocycles. The lowest BCUT2D eigenvalue weighted by atomic mass is 9.98. The Morgan fingerprint density at radius 1 is 0.921 bits per heavy atom. The van der Waals surface area contributed by atoms with E-state index in [4.69, 9.17) is 9.84 Å². The maximum atomic E-state index is 13.0. The van der Waals surface area contributed by atoms with Crippen LogP contribution in [0.3, 0.4) is 0 Å². The van der Waals surface area contributed by atoms with Crippen molar-refractivity contribution < 1.29 is 33.9 Å². The predicted molar refractivity (Wildman–Crippen MR) is 146 cm³/mol. The number of aliphatic carboxylic acids is 1. The number of benzene rings is 3. The minimum Gasteiger partial charge on any atom is -0.612 e. The van der Waals surface area contributed by atoms with E-state index in [1.165, 1.54) is 18.2 Å². The van der Waals surface area contributed by atoms with Gasteiger partial charge in [0.1, 0.15) is 12.0 Å². The van der Waals surface area contributed by atoms with E-state index in [0.29, 0.717) is 23.5 Å². The van der Waals surface area contributed by atoms with Crippen LogP contribution >= 0.6 is 0 Å². The molecule has 3 rings (SSSR count). The molecule has 0 saturated heterocycles. The number of aryl methyl sites for hydroxylation is 1. The minimum atomic E-state index is -1.12. The van der Waals surface area contributed by atoms with Gasteiger partial charge in [0, 0.05) is 17.5 Å². The van der Waals surface area contributed by atoms with Crippen LogP contribution in [-0.4, -0.2) is 45.4 Å². The quantitative estimate of drug-likeness (QED) is 0.156. The lowest BCUT2D eigenvalue weighted by Gasteiger charge is -2.13. The summed E-state index contributed by atoms with van der Waals surface area (Å²) in [4.78, 5) is 36.2. The standard InChI is InChI=1S/C30H30O7S/c1-38(36)26-14-10-21(11-15-26)7-4-2-3-5-18-37-27-16-12-24(19-22(27)13-17-28(31)32)29(33)23-8-6-9-25(20-23)30(34)35/h4,6-12,14-16,19-20H,2-3,5,13,17-18H2,1H3,(H,31,32)(H,34,35)/b7-4+. The van der Waals surface area contributed by atoms with E-state index in [-0.39, 0.29) is 29.8 Å². The fourth-order valence-electron chi connectivity index (χ4n) is 3.79. The first-order chi connectivity index (χ1) is 18.2. The number of hydrogen-bond donors (Lipinski definition) is 2. The van der Waals surface area contributed by atoms with E-state index in [2.05, 4.69) is 6.08 Å². The molecule has 0 amide bonds. The Morgan fingerprint density at radius 2 is 1.63 bits per heavy atom. The first kappa shape index (κ1) is 28.7. The van der Waals surface area contributed by atoms with E-state index in [1.807, 2.05) is 30.3 Å². The zero-order valence-corrected chi connectivity index (χ0v) is 21.9. The topological polar surface area (TPSA) is 124 Å². The van der Waals surface area contributed by atoms with Gasteiger partial charge >= 0.3 is 11.9 Å². The van der Waals surface area contributed by atoms with Gasteiger partial charge in [-0.15, -0.1) is 0 Å². The molecule has 0 aliphatic heterocycles. The summed E-state index contributed by atoms with van der Waals surface area (Å²) in [5.74, 6) is -1.89. The molecule has 0 aromatic heterocycles. The molecule has 0 radical (unpaired) electrons. The van der Waals surface area contributed by atoms with Gasteiger partial charge in [-0.25, -0.2) is 4.79 Å². The lowest BCUT2D eigenvalue weighted by Crippen LogP contribution is -2.07. The average Bonchev–Trinajstić information content (AvgIpc) is 2.91. The van der Waals surface area contributed by atoms with Crippen molar-refractivity contribution in [2.24, 2.45) is 0 Å². The molecule has 0 fully saturated rings. The largest absolute Gasteiger partial charge is 0.612 e. The van der Waals surface area contributed by atoms with Crippen molar-refractivity contribution in [1.82, 2.24) is 0 Å². The highest BCUT2D eigenvalue weighted by atomic mass is 32.2. The van der Waals surface area contributed by atoms with Crippen LogP contribution in [0.25, 0.3) is 6.08 Å². The number of carboxylic acid groups (broad SMARTS) is 2. The molecule has 38 heavy (non-hydrogen) atoms. The van der Waals surface area contributed by atoms with Crippen LogP contribution in [0.15, 0.2) is 77.7 Å². The summed E-state index contributed by atoms with van der Waals surface area (Å²) in [6.45, 7) is 0.443. The smallest absolute Gasteiger partial charge is 0.335 e. The molecule has 1 unspecified atom stereocenters. The third-order valence-electron chi connectivity index (χ3n) is 5.85. The lowest BCUT2D eigenvalue weighted by molar-refractivity contribution is -0.136. The Morgan fingerprint density at radius 3 is 2.32 bits per heavy atom. The second kappa shape index (κ2) is 14.2. The molecule has 3 aromatic rings. The molecular formula is C30H30O7S. The predicted octanol–water partition coefficient (Wildman–Crippen LogP) is 5.63. The van der Waals surface area contributed by atoms with Crippen molar-refractivity contribution in [1.29, 1.82) is 0 Å². The van der Waals surface area contributed by atoms with Gasteiger partial charge in [-0.2, -0.15) is 0 Å². The number of ether oxygens (including phenoxy) is 1. The third kappa shape index (κ3) is 8.61. The molecule has 7 nitrogen and oxygen atoms in total. The highest BCUT2D eigenvalue weighted by Gasteiger charge is 2.15. The van der Waals surface area contributed by atoms with Gasteiger partial charge in [0.2, 0.25) is 0 Å². The van der Waals surface area contributed by atoms with Gasteiger partial charge in [-0.05, 0) is 90.5 Å². The van der Waals surface area contributed by atoms with Crippen molar-refractivity contribution in [3.8, 4) is 5.75 Å². The van der Waals surface area contributed by atoms with E-state index >= 15 is 0 Å². The van der Waals surface area contributed by atoms with Crippen LogP contribution in [0.2, 0.25) is 0 Å². The molecule has 0 spiro atoms. The summed E-state index contributed by atoms with van der Waals surface area (Å²) < 4.78 is 17.4. The summed E-state index contributed by atoms with van der Waals surface area (Å²) in [6, 6.07) is 18.3. The second-order valence-electron chi connectivity index (χ2n) is 8.70. The van der Waals surface area contributed by atoms with E-state index in [1.54, 1.807) is 30.5 Å². The first-order valence-electron chi connectivity index (χ1n) is 12.2. The summed E-state index contributed by atoms with van der Waals surface area (Å²) in [6.07, 6.45) is 8.40. The Kier molecular flexibility index (Phi) is 10.7. The molecule has 198 valence electrons. The molecule has 3 aromatic carbocycles. The minimum absolute atomic E-state index is 0.0174. The fraction of sp³-hybridized carbons (Fsp3) is 0.233. The first-order valence-corrected chi connectivity index (χ1v) is 13.8. The molecule has 8 heteroatoms. The maximum absolute atomic E-state index is 13.0. The summed E-state index contributed by atoms with van der Waals surface area (Å²) in [5.41, 5.74) is 2.26. The molecule has 0 heterocycles. The van der Waals surface area contributed by atoms with Crippen molar-refractivity contribution in [3.05, 3.63) is 101 Å². The Bertz CT molecular complexity index is 1300. The second-order valence-corrected chi connectivity index (χ2v) is 10.1. The average molecular weight is 535 g/mol. The number of carboxylic acids is 2. The number of aromatic carboxylic acids is 1. The highest BCUT2D eigenvalue weighted by molar-refractivity contribution is 7.90. The van der Waals surface area contributed by atoms with E-state index < -0.39 is 23.1 Å². The van der Waals surface area contributed by atoms with Crippen LogP contribution in [0.1, 0.15) is 63.1 Å². The Balaban J connectivity index is 1.58. The van der Waals surface area contributed by atoms with E-state index in [9.17, 15) is 24.0 Å². The summed E-state index contributed by atoms with van der Waals surface area (Å²) in [5, 5.41) is 18.3. The van der Waals surface area contributed by atoms with Crippen LogP contribution in [0.4, 0.5) is 0 Å². The van der Waals surface area contributed by atoms with Crippen molar-refractivity contribution in [2.75, 3.05) is 12.9 Å². The summed E-state index contributed by atoms with van der Waals surface area (Å²) in [7, 11) is 0. The normalized spacial score (nSPS) is 11.8. The van der Waals surface area contributed by atoms with Crippen molar-refractivity contribution in [2.45, 2.75) is 37.0 Å². The SMILES string of the molecule is C[S+]([O-])c1ccc(/C=C/CCCCOc2ccc(C(=O)c3cccc(C(=O)O)c3)cc2CCC(=O)O)cc1. The number of ketones is 1. The molecule has 1 atom stereocenters. The zero-order valence-electron chi connectivity index (χ0n) is 21.1. The highest BCUT2D eigenvalue weighted by Crippen LogP contribution is 2.24. The maximum Gasteiger partial charge on any atom is 0.335 e. The van der Waals surface area contributed by atoms with Crippen LogP contribution in [-0.2, 0) is 22.4 Å². The number of carbonyl (C=O) groups is 3. The van der Waals surface area contributed by atoms with Crippen molar-refractivity contribution in [3.63, 3.8) is 0 Å². The van der Waals surface area contributed by atoms with Crippen LogP contribution < -0.4 is 4.74 Å². The van der Waals surface area contributed by atoms with Crippen molar-refractivity contribution >= 4 is 35.0 Å².